The van der Waals surface area contributed by atoms with E-state index in [-0.39, 0.29) is 17.9 Å². The summed E-state index contributed by atoms with van der Waals surface area (Å²) < 4.78 is 0. The number of fused-ring (bicyclic) bond motifs is 1. The summed E-state index contributed by atoms with van der Waals surface area (Å²) in [6, 6.07) is 7.39. The third-order valence-electron chi connectivity index (χ3n) is 3.76. The van der Waals surface area contributed by atoms with E-state index in [9.17, 15) is 9.59 Å². The number of carbonyl (C=O) groups is 2. The molecule has 0 bridgehead atoms. The molecule has 1 N–H and O–H groups in total. The number of hydrogen-bond donors (Lipinski definition) is 1. The molecule has 0 aliphatic carbocycles. The molecule has 18 heavy (non-hydrogen) atoms. The molecule has 1 unspecified atom stereocenters. The monoisotopic (exact) mass is 244 g/mol. The van der Waals surface area contributed by atoms with Crippen LogP contribution >= 0.6 is 0 Å². The van der Waals surface area contributed by atoms with Gasteiger partial charge in [-0.25, -0.2) is 0 Å². The van der Waals surface area contributed by atoms with Crippen LogP contribution in [0.2, 0.25) is 0 Å². The lowest BCUT2D eigenvalue weighted by Crippen LogP contribution is -2.54. The highest BCUT2D eigenvalue weighted by Crippen LogP contribution is 2.23. The molecule has 0 radical (unpaired) electrons. The Labute approximate surface area is 106 Å². The Bertz CT molecular complexity index is 498. The predicted octanol–water partition coefficient (Wildman–Crippen LogP) is 0.963. The zero-order valence-electron chi connectivity index (χ0n) is 10.2. The molecule has 2 aliphatic heterocycles. The van der Waals surface area contributed by atoms with Crippen molar-refractivity contribution in [3.63, 3.8) is 0 Å². The lowest BCUT2D eigenvalue weighted by molar-refractivity contribution is -0.127. The smallest absolute Gasteiger partial charge is 0.254 e. The standard InChI is InChI=1S/C14H16N2O2/c17-13-12(6-3-8-15-13)16-9-7-10-4-1-2-5-11(10)14(16)18/h1-2,4-5,12H,3,6-9H2,(H,15,17). The molecular weight excluding hydrogens is 228 g/mol. The average molecular weight is 244 g/mol. The van der Waals surface area contributed by atoms with Gasteiger partial charge in [-0.15, -0.1) is 0 Å². The second kappa shape index (κ2) is 4.44. The molecule has 2 heterocycles. The van der Waals surface area contributed by atoms with Gasteiger partial charge in [-0.3, -0.25) is 9.59 Å². The molecule has 1 fully saturated rings. The fraction of sp³-hybridized carbons (Fsp3) is 0.429. The van der Waals surface area contributed by atoms with Gasteiger partial charge >= 0.3 is 0 Å². The van der Waals surface area contributed by atoms with E-state index in [1.54, 1.807) is 4.90 Å². The Morgan fingerprint density at radius 1 is 1.22 bits per heavy atom. The minimum atomic E-state index is -0.278. The Morgan fingerprint density at radius 3 is 2.89 bits per heavy atom. The number of benzene rings is 1. The first-order chi connectivity index (χ1) is 8.77. The van der Waals surface area contributed by atoms with Crippen molar-refractivity contribution >= 4 is 11.8 Å². The van der Waals surface area contributed by atoms with E-state index >= 15 is 0 Å². The van der Waals surface area contributed by atoms with Crippen molar-refractivity contribution in [1.29, 1.82) is 0 Å². The first-order valence-corrected chi connectivity index (χ1v) is 6.44. The van der Waals surface area contributed by atoms with Crippen molar-refractivity contribution in [2.75, 3.05) is 13.1 Å². The maximum atomic E-state index is 12.4. The van der Waals surface area contributed by atoms with Crippen LogP contribution in [-0.4, -0.2) is 35.8 Å². The van der Waals surface area contributed by atoms with Crippen LogP contribution < -0.4 is 5.32 Å². The molecule has 4 heteroatoms. The van der Waals surface area contributed by atoms with E-state index in [4.69, 9.17) is 0 Å². The van der Waals surface area contributed by atoms with E-state index in [0.29, 0.717) is 6.54 Å². The summed E-state index contributed by atoms with van der Waals surface area (Å²) in [6.07, 6.45) is 2.56. The normalized spacial score (nSPS) is 23.6. The van der Waals surface area contributed by atoms with Crippen molar-refractivity contribution in [3.8, 4) is 0 Å². The lowest BCUT2D eigenvalue weighted by atomic mass is 9.95. The number of nitrogens with zero attached hydrogens (tertiary/aromatic N) is 1. The Morgan fingerprint density at radius 2 is 2.06 bits per heavy atom. The van der Waals surface area contributed by atoms with E-state index in [1.807, 2.05) is 24.3 Å². The van der Waals surface area contributed by atoms with Crippen LogP contribution in [0.4, 0.5) is 0 Å². The summed E-state index contributed by atoms with van der Waals surface area (Å²) in [5.41, 5.74) is 1.84. The largest absolute Gasteiger partial charge is 0.354 e. The summed E-state index contributed by atoms with van der Waals surface area (Å²) in [5.74, 6) is -0.00659. The van der Waals surface area contributed by atoms with Crippen molar-refractivity contribution in [1.82, 2.24) is 10.2 Å². The number of amides is 2. The van der Waals surface area contributed by atoms with Gasteiger partial charge in [0.15, 0.2) is 0 Å². The molecule has 1 saturated heterocycles. The van der Waals surface area contributed by atoms with Crippen LogP contribution in [0.15, 0.2) is 24.3 Å². The SMILES string of the molecule is O=C1NCCCC1N1CCc2ccccc2C1=O. The number of carbonyl (C=O) groups excluding carboxylic acids is 2. The highest BCUT2D eigenvalue weighted by molar-refractivity contribution is 5.99. The summed E-state index contributed by atoms with van der Waals surface area (Å²) in [7, 11) is 0. The number of rotatable bonds is 1. The molecule has 1 atom stereocenters. The van der Waals surface area contributed by atoms with E-state index in [1.165, 1.54) is 0 Å². The van der Waals surface area contributed by atoms with Gasteiger partial charge in [0.1, 0.15) is 6.04 Å². The molecule has 3 rings (SSSR count). The van der Waals surface area contributed by atoms with Crippen LogP contribution in [0.5, 0.6) is 0 Å². The minimum absolute atomic E-state index is 0.00102. The molecule has 0 saturated carbocycles. The van der Waals surface area contributed by atoms with E-state index in [0.717, 1.165) is 36.9 Å². The number of hydrogen-bond acceptors (Lipinski definition) is 2. The maximum Gasteiger partial charge on any atom is 0.254 e. The molecule has 4 nitrogen and oxygen atoms in total. The Kier molecular flexibility index (Phi) is 2.78. The Hall–Kier alpha value is -1.84. The van der Waals surface area contributed by atoms with Crippen molar-refractivity contribution in [2.24, 2.45) is 0 Å². The summed E-state index contributed by atoms with van der Waals surface area (Å²) in [4.78, 5) is 26.0. The minimum Gasteiger partial charge on any atom is -0.354 e. The van der Waals surface area contributed by atoms with E-state index in [2.05, 4.69) is 5.32 Å². The predicted molar refractivity (Wildman–Crippen MR) is 67.2 cm³/mol. The quantitative estimate of drug-likeness (QED) is 0.800. The van der Waals surface area contributed by atoms with Gasteiger partial charge in [-0.1, -0.05) is 18.2 Å². The molecule has 1 aromatic carbocycles. The molecule has 2 aliphatic rings. The molecule has 1 aromatic rings. The van der Waals surface area contributed by atoms with Crippen LogP contribution in [0.1, 0.15) is 28.8 Å². The Balaban J connectivity index is 1.88. The van der Waals surface area contributed by atoms with Crippen LogP contribution in [0, 0.1) is 0 Å². The first kappa shape index (κ1) is 11.3. The fourth-order valence-electron chi connectivity index (χ4n) is 2.79. The van der Waals surface area contributed by atoms with Crippen molar-refractivity contribution in [2.45, 2.75) is 25.3 Å². The van der Waals surface area contributed by atoms with Gasteiger partial charge in [-0.2, -0.15) is 0 Å². The second-order valence-corrected chi connectivity index (χ2v) is 4.85. The molecule has 2 amide bonds. The first-order valence-electron chi connectivity index (χ1n) is 6.44. The van der Waals surface area contributed by atoms with Gasteiger partial charge in [0.2, 0.25) is 5.91 Å². The maximum absolute atomic E-state index is 12.4. The van der Waals surface area contributed by atoms with Gasteiger partial charge in [-0.05, 0) is 30.9 Å². The highest BCUT2D eigenvalue weighted by Gasteiger charge is 2.34. The fourth-order valence-corrected chi connectivity index (χ4v) is 2.79. The topological polar surface area (TPSA) is 49.4 Å². The van der Waals surface area contributed by atoms with Gasteiger partial charge in [0.25, 0.3) is 5.91 Å². The van der Waals surface area contributed by atoms with Crippen LogP contribution in [0.25, 0.3) is 0 Å². The summed E-state index contributed by atoms with van der Waals surface area (Å²) in [6.45, 7) is 1.38. The van der Waals surface area contributed by atoms with Crippen molar-refractivity contribution in [3.05, 3.63) is 35.4 Å². The highest BCUT2D eigenvalue weighted by atomic mass is 16.2. The van der Waals surface area contributed by atoms with Gasteiger partial charge < -0.3 is 10.2 Å². The van der Waals surface area contributed by atoms with Crippen molar-refractivity contribution < 1.29 is 9.59 Å². The van der Waals surface area contributed by atoms with E-state index < -0.39 is 0 Å². The van der Waals surface area contributed by atoms with Crippen LogP contribution in [-0.2, 0) is 11.2 Å². The van der Waals surface area contributed by atoms with Gasteiger partial charge in [0, 0.05) is 18.7 Å². The molecule has 0 spiro atoms. The molecule has 0 aromatic heterocycles. The zero-order chi connectivity index (χ0) is 12.5. The third kappa shape index (κ3) is 1.78. The number of nitrogens with one attached hydrogen (secondary N) is 1. The third-order valence-corrected chi connectivity index (χ3v) is 3.76. The zero-order valence-corrected chi connectivity index (χ0v) is 10.2. The average Bonchev–Trinajstić information content (AvgIpc) is 2.41. The summed E-state index contributed by atoms with van der Waals surface area (Å²) in [5, 5.41) is 2.84. The second-order valence-electron chi connectivity index (χ2n) is 4.85. The molecular formula is C14H16N2O2. The van der Waals surface area contributed by atoms with Crippen LogP contribution in [0.3, 0.4) is 0 Å². The lowest BCUT2D eigenvalue weighted by Gasteiger charge is -2.36. The number of piperidine rings is 1. The summed E-state index contributed by atoms with van der Waals surface area (Å²) >= 11 is 0. The van der Waals surface area contributed by atoms with Gasteiger partial charge in [0.05, 0.1) is 0 Å². The molecule has 94 valence electrons.